The SMILES string of the molecule is CCOC(=O)c1cc(C(=O)N/N=C/c2cc(OC)c(OC)c(OC)c2)c(C)nc1C. The van der Waals surface area contributed by atoms with Crippen molar-refractivity contribution in [2.45, 2.75) is 20.8 Å². The number of pyridine rings is 1. The van der Waals surface area contributed by atoms with Crippen molar-refractivity contribution in [3.63, 3.8) is 0 Å². The zero-order valence-corrected chi connectivity index (χ0v) is 17.9. The van der Waals surface area contributed by atoms with E-state index in [9.17, 15) is 9.59 Å². The average molecular weight is 415 g/mol. The van der Waals surface area contributed by atoms with Crippen molar-refractivity contribution in [3.8, 4) is 17.2 Å². The number of nitrogens with one attached hydrogen (secondary N) is 1. The highest BCUT2D eigenvalue weighted by molar-refractivity contribution is 5.99. The van der Waals surface area contributed by atoms with Crippen molar-refractivity contribution in [1.29, 1.82) is 0 Å². The predicted molar refractivity (Wildman–Crippen MR) is 111 cm³/mol. The molecule has 0 saturated heterocycles. The van der Waals surface area contributed by atoms with E-state index in [1.54, 1.807) is 32.9 Å². The molecule has 9 nitrogen and oxygen atoms in total. The highest BCUT2D eigenvalue weighted by Crippen LogP contribution is 2.37. The van der Waals surface area contributed by atoms with Crippen molar-refractivity contribution in [2.24, 2.45) is 5.10 Å². The predicted octanol–water partition coefficient (Wildman–Crippen LogP) is 2.66. The minimum absolute atomic E-state index is 0.227. The normalized spacial score (nSPS) is 10.6. The van der Waals surface area contributed by atoms with Gasteiger partial charge >= 0.3 is 5.97 Å². The van der Waals surface area contributed by atoms with E-state index in [-0.39, 0.29) is 17.7 Å². The van der Waals surface area contributed by atoms with Gasteiger partial charge < -0.3 is 18.9 Å². The van der Waals surface area contributed by atoms with Crippen molar-refractivity contribution < 1.29 is 28.5 Å². The lowest BCUT2D eigenvalue weighted by Crippen LogP contribution is -2.21. The minimum Gasteiger partial charge on any atom is -0.493 e. The van der Waals surface area contributed by atoms with Gasteiger partial charge in [-0.05, 0) is 39.0 Å². The summed E-state index contributed by atoms with van der Waals surface area (Å²) in [4.78, 5) is 28.9. The number of esters is 1. The number of nitrogens with zero attached hydrogens (tertiary/aromatic N) is 2. The van der Waals surface area contributed by atoms with Crippen LogP contribution in [0.25, 0.3) is 0 Å². The van der Waals surface area contributed by atoms with Gasteiger partial charge in [0.2, 0.25) is 5.75 Å². The highest BCUT2D eigenvalue weighted by Gasteiger charge is 2.18. The Balaban J connectivity index is 2.24. The summed E-state index contributed by atoms with van der Waals surface area (Å²) in [7, 11) is 4.53. The first kappa shape index (κ1) is 22.7. The molecule has 0 aliphatic carbocycles. The molecule has 160 valence electrons. The Kier molecular flexibility index (Phi) is 7.74. The molecule has 1 N–H and O–H groups in total. The van der Waals surface area contributed by atoms with Crippen LogP contribution in [0.5, 0.6) is 17.2 Å². The largest absolute Gasteiger partial charge is 0.493 e. The molecule has 0 atom stereocenters. The third-order valence-corrected chi connectivity index (χ3v) is 4.21. The van der Waals surface area contributed by atoms with E-state index in [2.05, 4.69) is 15.5 Å². The fraction of sp³-hybridized carbons (Fsp3) is 0.333. The summed E-state index contributed by atoms with van der Waals surface area (Å²) in [5, 5.41) is 3.98. The fourth-order valence-electron chi connectivity index (χ4n) is 2.77. The number of hydrogen-bond acceptors (Lipinski definition) is 8. The van der Waals surface area contributed by atoms with Crippen LogP contribution < -0.4 is 19.6 Å². The van der Waals surface area contributed by atoms with Crippen LogP contribution in [0.1, 0.15) is 44.6 Å². The summed E-state index contributed by atoms with van der Waals surface area (Å²) in [5.41, 5.74) is 4.48. The Bertz CT molecular complexity index is 946. The topological polar surface area (TPSA) is 108 Å². The number of hydrazone groups is 1. The van der Waals surface area contributed by atoms with Crippen LogP contribution >= 0.6 is 0 Å². The fourth-order valence-corrected chi connectivity index (χ4v) is 2.77. The number of benzene rings is 1. The molecule has 0 aliphatic heterocycles. The molecule has 1 heterocycles. The van der Waals surface area contributed by atoms with Gasteiger partial charge in [-0.15, -0.1) is 0 Å². The number of rotatable bonds is 8. The molecule has 30 heavy (non-hydrogen) atoms. The van der Waals surface area contributed by atoms with Crippen molar-refractivity contribution >= 4 is 18.1 Å². The quantitative estimate of drug-likeness (QED) is 0.401. The first-order valence-corrected chi connectivity index (χ1v) is 9.15. The number of hydrogen-bond donors (Lipinski definition) is 1. The molecule has 0 radical (unpaired) electrons. The lowest BCUT2D eigenvalue weighted by atomic mass is 10.1. The maximum absolute atomic E-state index is 12.6. The van der Waals surface area contributed by atoms with Crippen LogP contribution in [0, 0.1) is 13.8 Å². The zero-order chi connectivity index (χ0) is 22.3. The molecule has 0 unspecified atom stereocenters. The maximum Gasteiger partial charge on any atom is 0.339 e. The van der Waals surface area contributed by atoms with Gasteiger partial charge in [0, 0.05) is 5.56 Å². The first-order valence-electron chi connectivity index (χ1n) is 9.15. The van der Waals surface area contributed by atoms with Gasteiger partial charge in [0.1, 0.15) is 0 Å². The standard InChI is InChI=1S/C21H25N3O6/c1-7-30-21(26)16-10-15(12(2)23-13(16)3)20(25)24-22-11-14-8-17(27-4)19(29-6)18(9-14)28-5/h8-11H,7H2,1-6H3,(H,24,25)/b22-11+. The maximum atomic E-state index is 12.6. The molecule has 0 spiro atoms. The number of methoxy groups -OCH3 is 3. The second-order valence-electron chi connectivity index (χ2n) is 6.13. The summed E-state index contributed by atoms with van der Waals surface area (Å²) in [6, 6.07) is 4.84. The van der Waals surface area contributed by atoms with Gasteiger partial charge in [0.25, 0.3) is 5.91 Å². The van der Waals surface area contributed by atoms with Gasteiger partial charge in [-0.25, -0.2) is 10.2 Å². The molecule has 9 heteroatoms. The molecule has 1 amide bonds. The van der Waals surface area contributed by atoms with Crippen molar-refractivity contribution in [1.82, 2.24) is 10.4 Å². The molecular weight excluding hydrogens is 390 g/mol. The van der Waals surface area contributed by atoms with E-state index in [0.717, 1.165) is 0 Å². The van der Waals surface area contributed by atoms with Gasteiger partial charge in [-0.3, -0.25) is 9.78 Å². The Labute approximate surface area is 175 Å². The van der Waals surface area contributed by atoms with Crippen LogP contribution in [0.4, 0.5) is 0 Å². The zero-order valence-electron chi connectivity index (χ0n) is 17.9. The van der Waals surface area contributed by atoms with E-state index in [4.69, 9.17) is 18.9 Å². The second-order valence-corrected chi connectivity index (χ2v) is 6.13. The Morgan fingerprint density at radius 3 is 2.13 bits per heavy atom. The van der Waals surface area contributed by atoms with Crippen LogP contribution in [-0.2, 0) is 4.74 Å². The van der Waals surface area contributed by atoms with Crippen molar-refractivity contribution in [3.05, 3.63) is 46.3 Å². The van der Waals surface area contributed by atoms with Gasteiger partial charge in [-0.2, -0.15) is 5.10 Å². The Hall–Kier alpha value is -3.62. The van der Waals surface area contributed by atoms with Gasteiger partial charge in [0.05, 0.1) is 56.7 Å². The molecule has 0 fully saturated rings. The highest BCUT2D eigenvalue weighted by atomic mass is 16.5. The van der Waals surface area contributed by atoms with Gasteiger partial charge in [0.15, 0.2) is 11.5 Å². The Morgan fingerprint density at radius 2 is 1.60 bits per heavy atom. The van der Waals surface area contributed by atoms with Crippen LogP contribution in [-0.4, -0.2) is 51.0 Å². The summed E-state index contributed by atoms with van der Waals surface area (Å²) in [5.74, 6) is 0.338. The van der Waals surface area contributed by atoms with Crippen LogP contribution in [0.2, 0.25) is 0 Å². The summed E-state index contributed by atoms with van der Waals surface area (Å²) >= 11 is 0. The molecule has 0 aliphatic rings. The number of aromatic nitrogens is 1. The third-order valence-electron chi connectivity index (χ3n) is 4.21. The number of aryl methyl sites for hydroxylation is 2. The molecular formula is C21H25N3O6. The number of carbonyl (C=O) groups excluding carboxylic acids is 2. The summed E-state index contributed by atoms with van der Waals surface area (Å²) in [6.45, 7) is 5.30. The molecule has 0 bridgehead atoms. The molecule has 2 rings (SSSR count). The number of carbonyl (C=O) groups is 2. The number of amides is 1. The minimum atomic E-state index is -0.530. The van der Waals surface area contributed by atoms with E-state index in [0.29, 0.717) is 34.2 Å². The number of ether oxygens (including phenoxy) is 4. The second kappa shape index (κ2) is 10.2. The summed E-state index contributed by atoms with van der Waals surface area (Å²) in [6.07, 6.45) is 1.44. The molecule has 1 aromatic carbocycles. The third kappa shape index (κ3) is 5.05. The first-order chi connectivity index (χ1) is 14.4. The lowest BCUT2D eigenvalue weighted by Gasteiger charge is -2.12. The van der Waals surface area contributed by atoms with Crippen LogP contribution in [0.15, 0.2) is 23.3 Å². The van der Waals surface area contributed by atoms with E-state index < -0.39 is 11.9 Å². The molecule has 2 aromatic rings. The van der Waals surface area contributed by atoms with Gasteiger partial charge in [-0.1, -0.05) is 0 Å². The van der Waals surface area contributed by atoms with E-state index in [1.165, 1.54) is 33.6 Å². The smallest absolute Gasteiger partial charge is 0.339 e. The van der Waals surface area contributed by atoms with E-state index in [1.807, 2.05) is 0 Å². The lowest BCUT2D eigenvalue weighted by molar-refractivity contribution is 0.0525. The van der Waals surface area contributed by atoms with Crippen molar-refractivity contribution in [2.75, 3.05) is 27.9 Å². The Morgan fingerprint density at radius 1 is 1.00 bits per heavy atom. The molecule has 1 aromatic heterocycles. The summed E-state index contributed by atoms with van der Waals surface area (Å²) < 4.78 is 20.9. The average Bonchev–Trinajstić information content (AvgIpc) is 2.72. The molecule has 0 saturated carbocycles. The monoisotopic (exact) mass is 415 g/mol. The van der Waals surface area contributed by atoms with E-state index >= 15 is 0 Å². The van der Waals surface area contributed by atoms with Crippen LogP contribution in [0.3, 0.4) is 0 Å².